The molecular formula is C6H10O5S. The van der Waals surface area contributed by atoms with Gasteiger partial charge in [-0.25, -0.2) is 0 Å². The molecular weight excluding hydrogens is 184 g/mol. The molecule has 0 heterocycles. The van der Waals surface area contributed by atoms with Crippen LogP contribution in [0.2, 0.25) is 0 Å². The van der Waals surface area contributed by atoms with Crippen molar-refractivity contribution < 1.29 is 24.0 Å². The summed E-state index contributed by atoms with van der Waals surface area (Å²) in [5.41, 5.74) is 0. The second kappa shape index (κ2) is 5.99. The molecule has 0 aliphatic rings. The van der Waals surface area contributed by atoms with Crippen LogP contribution in [0.1, 0.15) is 13.3 Å². The fourth-order valence-electron chi connectivity index (χ4n) is 0.277. The first-order valence-electron chi connectivity index (χ1n) is 3.32. The highest BCUT2D eigenvalue weighted by Gasteiger charge is 2.17. The third-order valence-corrected chi connectivity index (χ3v) is 1.66. The van der Waals surface area contributed by atoms with Crippen molar-refractivity contribution in [3.05, 3.63) is 0 Å². The van der Waals surface area contributed by atoms with Gasteiger partial charge in [-0.2, -0.15) is 0 Å². The molecule has 1 atom stereocenters. The predicted molar refractivity (Wildman–Crippen MR) is 42.1 cm³/mol. The summed E-state index contributed by atoms with van der Waals surface area (Å²) in [6, 6.07) is 0. The third-order valence-electron chi connectivity index (χ3n) is 0.950. The quantitative estimate of drug-likeness (QED) is 0.587. The Balaban J connectivity index is 3.64. The second-order valence-corrected chi connectivity index (χ2v) is 2.65. The zero-order chi connectivity index (χ0) is 9.56. The maximum Gasteiger partial charge on any atom is 0.317 e. The van der Waals surface area contributed by atoms with Crippen LogP contribution in [0.4, 0.5) is 0 Å². The molecule has 0 fully saturated rings. The molecule has 0 aromatic rings. The lowest BCUT2D eigenvalue weighted by molar-refractivity contribution is -0.133. The Bertz CT molecular complexity index is 169. The van der Waals surface area contributed by atoms with Gasteiger partial charge in [0.05, 0.1) is 6.61 Å². The van der Waals surface area contributed by atoms with E-state index in [9.17, 15) is 9.59 Å². The number of aliphatic hydroxyl groups excluding tert-OH is 2. The molecule has 1 unspecified atom stereocenters. The summed E-state index contributed by atoms with van der Waals surface area (Å²) in [6.07, 6.45) is -1.32. The van der Waals surface area contributed by atoms with Crippen LogP contribution in [0.3, 0.4) is 0 Å². The van der Waals surface area contributed by atoms with E-state index in [1.54, 1.807) is 6.92 Å². The molecule has 0 aliphatic heterocycles. The van der Waals surface area contributed by atoms with Crippen molar-refractivity contribution in [2.75, 3.05) is 6.61 Å². The van der Waals surface area contributed by atoms with Gasteiger partial charge in [0, 0.05) is 6.42 Å². The molecule has 0 rings (SSSR count). The van der Waals surface area contributed by atoms with E-state index in [2.05, 4.69) is 4.18 Å². The standard InChI is InChI=1S/C6H10O5S/c1-2-5(9)11-12-6(10)4(8)3-7/h4,7-8H,2-3H2,1H3. The van der Waals surface area contributed by atoms with Crippen LogP contribution in [0.5, 0.6) is 0 Å². The molecule has 0 saturated carbocycles. The summed E-state index contributed by atoms with van der Waals surface area (Å²) in [6.45, 7) is 0.908. The highest BCUT2D eigenvalue weighted by Crippen LogP contribution is 2.08. The maximum absolute atomic E-state index is 10.7. The van der Waals surface area contributed by atoms with Crippen LogP contribution < -0.4 is 0 Å². The molecule has 0 saturated heterocycles. The number of rotatable bonds is 3. The largest absolute Gasteiger partial charge is 0.393 e. The van der Waals surface area contributed by atoms with E-state index >= 15 is 0 Å². The van der Waals surface area contributed by atoms with E-state index in [-0.39, 0.29) is 18.5 Å². The van der Waals surface area contributed by atoms with Crippen LogP contribution in [0.25, 0.3) is 0 Å². The molecule has 0 spiro atoms. The van der Waals surface area contributed by atoms with E-state index in [1.807, 2.05) is 0 Å². The molecule has 0 aromatic heterocycles. The zero-order valence-electron chi connectivity index (χ0n) is 6.52. The fraction of sp³-hybridized carbons (Fsp3) is 0.667. The van der Waals surface area contributed by atoms with Gasteiger partial charge in [-0.15, -0.1) is 0 Å². The van der Waals surface area contributed by atoms with Crippen molar-refractivity contribution >= 4 is 23.1 Å². The molecule has 0 aliphatic carbocycles. The lowest BCUT2D eigenvalue weighted by Crippen LogP contribution is -2.21. The first-order valence-corrected chi connectivity index (χ1v) is 4.06. The van der Waals surface area contributed by atoms with Crippen LogP contribution in [0.15, 0.2) is 0 Å². The molecule has 6 heteroatoms. The lowest BCUT2D eigenvalue weighted by atomic mass is 10.4. The summed E-state index contributed by atoms with van der Waals surface area (Å²) in [5.74, 6) is -0.543. The van der Waals surface area contributed by atoms with Crippen molar-refractivity contribution in [2.45, 2.75) is 19.4 Å². The van der Waals surface area contributed by atoms with Crippen molar-refractivity contribution in [3.8, 4) is 0 Å². The van der Waals surface area contributed by atoms with Crippen LogP contribution >= 0.6 is 12.0 Å². The Kier molecular flexibility index (Phi) is 5.69. The maximum atomic E-state index is 10.7. The molecule has 0 bridgehead atoms. The van der Waals surface area contributed by atoms with Gasteiger partial charge < -0.3 is 14.4 Å². The van der Waals surface area contributed by atoms with Crippen molar-refractivity contribution in [1.82, 2.24) is 0 Å². The average Bonchev–Trinajstić information content (AvgIpc) is 2.11. The number of carbonyl (C=O) groups excluding carboxylic acids is 2. The van der Waals surface area contributed by atoms with Crippen LogP contribution in [-0.4, -0.2) is 34.0 Å². The Morgan fingerprint density at radius 1 is 1.58 bits per heavy atom. The number of hydrogen-bond acceptors (Lipinski definition) is 6. The summed E-state index contributed by atoms with van der Waals surface area (Å²) in [4.78, 5) is 21.2. The van der Waals surface area contributed by atoms with Gasteiger partial charge in [0.25, 0.3) is 5.12 Å². The topological polar surface area (TPSA) is 83.8 Å². The van der Waals surface area contributed by atoms with E-state index in [0.29, 0.717) is 0 Å². The van der Waals surface area contributed by atoms with Crippen LogP contribution in [0, 0.1) is 0 Å². The zero-order valence-corrected chi connectivity index (χ0v) is 7.34. The van der Waals surface area contributed by atoms with Crippen molar-refractivity contribution in [2.24, 2.45) is 0 Å². The van der Waals surface area contributed by atoms with E-state index < -0.39 is 23.8 Å². The van der Waals surface area contributed by atoms with Gasteiger partial charge in [0.2, 0.25) is 0 Å². The van der Waals surface area contributed by atoms with E-state index in [4.69, 9.17) is 10.2 Å². The Hall–Kier alpha value is -0.590. The normalized spacial score (nSPS) is 12.2. The Morgan fingerprint density at radius 2 is 2.17 bits per heavy atom. The average molecular weight is 194 g/mol. The van der Waals surface area contributed by atoms with E-state index in [1.165, 1.54) is 0 Å². The molecule has 0 radical (unpaired) electrons. The third kappa shape index (κ3) is 4.32. The van der Waals surface area contributed by atoms with E-state index in [0.717, 1.165) is 0 Å². The molecule has 0 aromatic carbocycles. The highest BCUT2D eigenvalue weighted by atomic mass is 32.2. The highest BCUT2D eigenvalue weighted by molar-refractivity contribution is 8.10. The van der Waals surface area contributed by atoms with Gasteiger partial charge in [0.15, 0.2) is 0 Å². The monoisotopic (exact) mass is 194 g/mol. The molecule has 5 nitrogen and oxygen atoms in total. The smallest absolute Gasteiger partial charge is 0.317 e. The van der Waals surface area contributed by atoms with Gasteiger partial charge in [-0.1, -0.05) is 6.92 Å². The minimum atomic E-state index is -1.49. The summed E-state index contributed by atoms with van der Waals surface area (Å²) >= 11 is 0.243. The van der Waals surface area contributed by atoms with Crippen molar-refractivity contribution in [1.29, 1.82) is 0 Å². The van der Waals surface area contributed by atoms with Gasteiger partial charge in [0.1, 0.15) is 18.1 Å². The molecule has 2 N–H and O–H groups in total. The van der Waals surface area contributed by atoms with Gasteiger partial charge >= 0.3 is 5.97 Å². The lowest BCUT2D eigenvalue weighted by Gasteiger charge is -2.03. The van der Waals surface area contributed by atoms with Gasteiger partial charge in [-0.3, -0.25) is 9.59 Å². The Labute approximate surface area is 73.9 Å². The summed E-state index contributed by atoms with van der Waals surface area (Å²) in [5, 5.41) is 16.2. The molecule has 12 heavy (non-hydrogen) atoms. The Morgan fingerprint density at radius 3 is 2.58 bits per heavy atom. The summed E-state index contributed by atoms with van der Waals surface area (Å²) < 4.78 is 4.33. The number of hydrogen-bond donors (Lipinski definition) is 2. The molecule has 0 amide bonds. The SMILES string of the molecule is CCC(=O)OSC(=O)C(O)CO. The number of aliphatic hydroxyl groups is 2. The first kappa shape index (κ1) is 11.4. The predicted octanol–water partition coefficient (Wildman–Crippen LogP) is -0.532. The minimum absolute atomic E-state index is 0.162. The molecule has 70 valence electrons. The van der Waals surface area contributed by atoms with Crippen LogP contribution in [-0.2, 0) is 13.8 Å². The first-order chi connectivity index (χ1) is 5.61. The minimum Gasteiger partial charge on any atom is -0.393 e. The summed E-state index contributed by atoms with van der Waals surface area (Å²) in [7, 11) is 0. The fourth-order valence-corrected chi connectivity index (χ4v) is 0.755. The number of carbonyl (C=O) groups is 2. The van der Waals surface area contributed by atoms with Gasteiger partial charge in [-0.05, 0) is 0 Å². The van der Waals surface area contributed by atoms with Crippen molar-refractivity contribution in [3.63, 3.8) is 0 Å². The second-order valence-electron chi connectivity index (χ2n) is 1.91.